The molecular formula is C12H12FN3O. The van der Waals surface area contributed by atoms with Gasteiger partial charge in [0.2, 0.25) is 0 Å². The third-order valence-corrected chi connectivity index (χ3v) is 2.75. The van der Waals surface area contributed by atoms with Crippen LogP contribution < -0.4 is 5.32 Å². The molecule has 88 valence electrons. The molecule has 1 fully saturated rings. The Hall–Kier alpha value is -2.09. The zero-order valence-corrected chi connectivity index (χ0v) is 9.19. The van der Waals surface area contributed by atoms with Crippen LogP contribution in [0.25, 0.3) is 0 Å². The number of carbonyl (C=O) groups excluding carboxylic acids is 1. The fourth-order valence-corrected chi connectivity index (χ4v) is 1.87. The van der Waals surface area contributed by atoms with Crippen LogP contribution in [0.1, 0.15) is 16.8 Å². The molecule has 0 unspecified atom stereocenters. The van der Waals surface area contributed by atoms with Gasteiger partial charge in [-0.2, -0.15) is 5.26 Å². The van der Waals surface area contributed by atoms with Crippen LogP contribution in [0.4, 0.5) is 4.39 Å². The van der Waals surface area contributed by atoms with E-state index in [0.29, 0.717) is 18.7 Å². The van der Waals surface area contributed by atoms with E-state index >= 15 is 0 Å². The zero-order chi connectivity index (χ0) is 12.3. The Balaban J connectivity index is 1.96. The van der Waals surface area contributed by atoms with Gasteiger partial charge in [-0.25, -0.2) is 4.39 Å². The van der Waals surface area contributed by atoms with E-state index in [4.69, 9.17) is 5.26 Å². The minimum Gasteiger partial charge on any atom is -0.347 e. The molecule has 2 rings (SSSR count). The summed E-state index contributed by atoms with van der Waals surface area (Å²) >= 11 is 0. The van der Waals surface area contributed by atoms with Gasteiger partial charge in [0, 0.05) is 24.7 Å². The van der Waals surface area contributed by atoms with Crippen LogP contribution in [0.5, 0.6) is 0 Å². The number of hydrogen-bond donors (Lipinski definition) is 1. The summed E-state index contributed by atoms with van der Waals surface area (Å²) in [5.41, 5.74) is 0.306. The predicted octanol–water partition coefficient (Wildman–Crippen LogP) is 1.11. The Bertz CT molecular complexity index is 469. The fourth-order valence-electron chi connectivity index (χ4n) is 1.87. The molecule has 0 spiro atoms. The summed E-state index contributed by atoms with van der Waals surface area (Å²) in [5.74, 6) is -0.725. The van der Waals surface area contributed by atoms with Crippen molar-refractivity contribution in [2.75, 3.05) is 13.1 Å². The monoisotopic (exact) mass is 233 g/mol. The number of nitrogens with one attached hydrogen (secondary N) is 1. The van der Waals surface area contributed by atoms with Gasteiger partial charge in [-0.3, -0.25) is 4.79 Å². The fraction of sp³-hybridized carbons (Fsp3) is 0.333. The van der Waals surface area contributed by atoms with Gasteiger partial charge >= 0.3 is 0 Å². The van der Waals surface area contributed by atoms with Gasteiger partial charge in [-0.15, -0.1) is 0 Å². The first kappa shape index (κ1) is 11.4. The number of benzene rings is 1. The molecule has 1 amide bonds. The van der Waals surface area contributed by atoms with Crippen LogP contribution in [0.2, 0.25) is 0 Å². The van der Waals surface area contributed by atoms with E-state index in [1.54, 1.807) is 11.0 Å². The maximum Gasteiger partial charge on any atom is 0.251 e. The Labute approximate surface area is 98.6 Å². The van der Waals surface area contributed by atoms with Gasteiger partial charge in [0.05, 0.1) is 0 Å². The molecule has 1 aliphatic heterocycles. The topological polar surface area (TPSA) is 56.1 Å². The summed E-state index contributed by atoms with van der Waals surface area (Å²) in [4.78, 5) is 13.4. The molecule has 1 heterocycles. The second-order valence-electron chi connectivity index (χ2n) is 4.02. The number of carbonyl (C=O) groups is 1. The van der Waals surface area contributed by atoms with Crippen molar-refractivity contribution in [2.24, 2.45) is 0 Å². The Kier molecular flexibility index (Phi) is 3.24. The van der Waals surface area contributed by atoms with Crippen molar-refractivity contribution in [3.63, 3.8) is 0 Å². The first-order valence-corrected chi connectivity index (χ1v) is 5.40. The maximum absolute atomic E-state index is 12.9. The van der Waals surface area contributed by atoms with Crippen LogP contribution >= 0.6 is 0 Å². The summed E-state index contributed by atoms with van der Waals surface area (Å²) < 4.78 is 12.9. The maximum atomic E-state index is 12.9. The first-order chi connectivity index (χ1) is 8.19. The van der Waals surface area contributed by atoms with Gasteiger partial charge in [-0.1, -0.05) is 6.07 Å². The lowest BCUT2D eigenvalue weighted by atomic mass is 10.2. The van der Waals surface area contributed by atoms with E-state index in [1.165, 1.54) is 18.2 Å². The van der Waals surface area contributed by atoms with Crippen molar-refractivity contribution in [3.05, 3.63) is 35.6 Å². The van der Waals surface area contributed by atoms with Crippen LogP contribution in [0.15, 0.2) is 24.3 Å². The molecule has 1 N–H and O–H groups in total. The van der Waals surface area contributed by atoms with E-state index in [0.717, 1.165) is 6.42 Å². The molecule has 0 bridgehead atoms. The molecule has 0 aliphatic carbocycles. The predicted molar refractivity (Wildman–Crippen MR) is 59.5 cm³/mol. The second kappa shape index (κ2) is 4.83. The van der Waals surface area contributed by atoms with Crippen LogP contribution in [-0.2, 0) is 0 Å². The molecule has 1 aromatic rings. The van der Waals surface area contributed by atoms with Gasteiger partial charge in [-0.05, 0) is 24.6 Å². The average molecular weight is 233 g/mol. The molecule has 0 aromatic heterocycles. The molecule has 0 saturated carbocycles. The normalized spacial score (nSPS) is 18.8. The molecule has 1 saturated heterocycles. The van der Waals surface area contributed by atoms with E-state index in [9.17, 15) is 9.18 Å². The molecule has 17 heavy (non-hydrogen) atoms. The van der Waals surface area contributed by atoms with Crippen molar-refractivity contribution in [2.45, 2.75) is 12.5 Å². The van der Waals surface area contributed by atoms with Crippen molar-refractivity contribution in [1.29, 1.82) is 5.26 Å². The van der Waals surface area contributed by atoms with Crippen LogP contribution in [-0.4, -0.2) is 29.9 Å². The highest BCUT2D eigenvalue weighted by Crippen LogP contribution is 2.09. The molecule has 0 radical (unpaired) electrons. The van der Waals surface area contributed by atoms with Gasteiger partial charge in [0.15, 0.2) is 6.19 Å². The molecule has 1 aromatic carbocycles. The molecule has 5 heteroatoms. The summed E-state index contributed by atoms with van der Waals surface area (Å²) in [7, 11) is 0. The minimum atomic E-state index is -0.428. The quantitative estimate of drug-likeness (QED) is 0.778. The van der Waals surface area contributed by atoms with E-state index in [1.807, 2.05) is 6.19 Å². The van der Waals surface area contributed by atoms with Gasteiger partial charge in [0.25, 0.3) is 5.91 Å². The number of halogens is 1. The first-order valence-electron chi connectivity index (χ1n) is 5.40. The molecular weight excluding hydrogens is 221 g/mol. The molecule has 1 atom stereocenters. The minimum absolute atomic E-state index is 0.0367. The molecule has 4 nitrogen and oxygen atoms in total. The summed E-state index contributed by atoms with van der Waals surface area (Å²) in [6, 6.07) is 5.52. The smallest absolute Gasteiger partial charge is 0.251 e. The number of nitriles is 1. The Morgan fingerprint density at radius 1 is 1.59 bits per heavy atom. The van der Waals surface area contributed by atoms with Gasteiger partial charge in [0.1, 0.15) is 5.82 Å². The van der Waals surface area contributed by atoms with Crippen molar-refractivity contribution in [3.8, 4) is 6.19 Å². The standard InChI is InChI=1S/C12H12FN3O/c13-10-3-1-2-9(6-10)12(17)15-11-4-5-16(7-11)8-14/h1-3,6,11H,4-5,7H2,(H,15,17)/t11-/m1/s1. The number of nitrogens with zero attached hydrogens (tertiary/aromatic N) is 2. The summed E-state index contributed by atoms with van der Waals surface area (Å²) in [6.07, 6.45) is 2.78. The lowest BCUT2D eigenvalue weighted by Gasteiger charge is -2.12. The second-order valence-corrected chi connectivity index (χ2v) is 4.02. The van der Waals surface area contributed by atoms with Crippen LogP contribution in [0, 0.1) is 17.3 Å². The van der Waals surface area contributed by atoms with Gasteiger partial charge < -0.3 is 10.2 Å². The zero-order valence-electron chi connectivity index (χ0n) is 9.19. The average Bonchev–Trinajstić information content (AvgIpc) is 2.77. The van der Waals surface area contributed by atoms with Crippen LogP contribution in [0.3, 0.4) is 0 Å². The lowest BCUT2D eigenvalue weighted by molar-refractivity contribution is 0.0938. The number of rotatable bonds is 2. The van der Waals surface area contributed by atoms with Crippen molar-refractivity contribution in [1.82, 2.24) is 10.2 Å². The summed E-state index contributed by atoms with van der Waals surface area (Å²) in [5, 5.41) is 11.5. The van der Waals surface area contributed by atoms with Crippen molar-refractivity contribution < 1.29 is 9.18 Å². The number of amides is 1. The highest BCUT2D eigenvalue weighted by molar-refractivity contribution is 5.94. The summed E-state index contributed by atoms with van der Waals surface area (Å²) in [6.45, 7) is 1.18. The highest BCUT2D eigenvalue weighted by atomic mass is 19.1. The SMILES string of the molecule is N#CN1CC[C@@H](NC(=O)c2cccc(F)c2)C1. The Morgan fingerprint density at radius 3 is 3.06 bits per heavy atom. The number of likely N-dealkylation sites (tertiary alicyclic amines) is 1. The third-order valence-electron chi connectivity index (χ3n) is 2.75. The van der Waals surface area contributed by atoms with E-state index < -0.39 is 5.82 Å². The van der Waals surface area contributed by atoms with E-state index in [2.05, 4.69) is 5.32 Å². The Morgan fingerprint density at radius 2 is 2.41 bits per heavy atom. The third kappa shape index (κ3) is 2.72. The largest absolute Gasteiger partial charge is 0.347 e. The number of hydrogen-bond acceptors (Lipinski definition) is 3. The van der Waals surface area contributed by atoms with Crippen molar-refractivity contribution >= 4 is 5.91 Å². The molecule has 1 aliphatic rings. The lowest BCUT2D eigenvalue weighted by Crippen LogP contribution is -2.36. The highest BCUT2D eigenvalue weighted by Gasteiger charge is 2.23. The van der Waals surface area contributed by atoms with E-state index in [-0.39, 0.29) is 11.9 Å².